The zero-order valence-corrected chi connectivity index (χ0v) is 24.8. The smallest absolute Gasteiger partial charge is 0.219 e. The van der Waals surface area contributed by atoms with Crippen molar-refractivity contribution < 1.29 is 14.2 Å². The van der Waals surface area contributed by atoms with Gasteiger partial charge in [0.2, 0.25) is 5.88 Å². The van der Waals surface area contributed by atoms with Crippen molar-refractivity contribution in [3.05, 3.63) is 100 Å². The molecule has 1 fully saturated rings. The first-order valence-corrected chi connectivity index (χ1v) is 14.4. The number of nitriles is 1. The van der Waals surface area contributed by atoms with Crippen molar-refractivity contribution in [3.8, 4) is 34.6 Å². The zero-order valence-electron chi connectivity index (χ0n) is 23.3. The largest absolute Gasteiger partial charge is 0.495 e. The van der Waals surface area contributed by atoms with Crippen LogP contribution in [0, 0.1) is 11.3 Å². The van der Waals surface area contributed by atoms with Gasteiger partial charge >= 0.3 is 0 Å². The number of benzene rings is 3. The second kappa shape index (κ2) is 12.9. The SMILES string of the molecule is COc1cc(Nc2c(C#N)cnc3cc(-c4ccc(Oc5ccc(CN6CCOCC6)cc5)nc4)ccc23)c(Cl)cc1Cl. The predicted molar refractivity (Wildman–Crippen MR) is 169 cm³/mol. The lowest BCUT2D eigenvalue weighted by molar-refractivity contribution is 0.0342. The Hall–Kier alpha value is -4.39. The lowest BCUT2D eigenvalue weighted by atomic mass is 10.0. The number of nitrogens with one attached hydrogen (secondary N) is 1. The summed E-state index contributed by atoms with van der Waals surface area (Å²) in [5.41, 5.74) is 5.29. The van der Waals surface area contributed by atoms with Crippen molar-refractivity contribution in [1.82, 2.24) is 14.9 Å². The number of rotatable bonds is 8. The molecule has 0 bridgehead atoms. The average Bonchev–Trinajstić information content (AvgIpc) is 3.04. The van der Waals surface area contributed by atoms with Crippen LogP contribution < -0.4 is 14.8 Å². The van der Waals surface area contributed by atoms with Gasteiger partial charge in [-0.2, -0.15) is 5.26 Å². The Kier molecular flexibility index (Phi) is 8.59. The zero-order chi connectivity index (χ0) is 29.8. The number of morpholine rings is 1. The van der Waals surface area contributed by atoms with Crippen molar-refractivity contribution in [2.24, 2.45) is 0 Å². The van der Waals surface area contributed by atoms with E-state index in [9.17, 15) is 5.26 Å². The van der Waals surface area contributed by atoms with Crippen LogP contribution in [0.5, 0.6) is 17.4 Å². The van der Waals surface area contributed by atoms with Gasteiger partial charge in [0.15, 0.2) is 0 Å². The van der Waals surface area contributed by atoms with Crippen LogP contribution in [0.25, 0.3) is 22.0 Å². The first kappa shape index (κ1) is 28.7. The van der Waals surface area contributed by atoms with Crippen LogP contribution >= 0.6 is 23.2 Å². The maximum atomic E-state index is 9.78. The van der Waals surface area contributed by atoms with Crippen LogP contribution in [-0.4, -0.2) is 48.3 Å². The molecule has 3 heterocycles. The Bertz CT molecular complexity index is 1800. The van der Waals surface area contributed by atoms with Gasteiger partial charge in [-0.05, 0) is 41.5 Å². The minimum Gasteiger partial charge on any atom is -0.495 e. The van der Waals surface area contributed by atoms with Gasteiger partial charge in [-0.3, -0.25) is 9.88 Å². The molecule has 6 rings (SSSR count). The number of nitrogens with zero attached hydrogens (tertiary/aromatic N) is 4. The molecule has 216 valence electrons. The average molecular weight is 613 g/mol. The van der Waals surface area contributed by atoms with Crippen molar-refractivity contribution in [3.63, 3.8) is 0 Å². The molecule has 43 heavy (non-hydrogen) atoms. The Balaban J connectivity index is 1.19. The Morgan fingerprint density at radius 3 is 2.44 bits per heavy atom. The van der Waals surface area contributed by atoms with Crippen LogP contribution in [0.15, 0.2) is 79.1 Å². The number of fused-ring (bicyclic) bond motifs is 1. The molecule has 0 atom stereocenters. The maximum Gasteiger partial charge on any atom is 0.219 e. The highest BCUT2D eigenvalue weighted by molar-refractivity contribution is 6.37. The molecule has 0 radical (unpaired) electrons. The normalized spacial score (nSPS) is 13.4. The summed E-state index contributed by atoms with van der Waals surface area (Å²) in [5, 5.41) is 14.6. The van der Waals surface area contributed by atoms with Gasteiger partial charge in [0, 0.05) is 55.1 Å². The molecule has 0 saturated carbocycles. The highest BCUT2D eigenvalue weighted by Gasteiger charge is 2.15. The number of hydrogen-bond donors (Lipinski definition) is 1. The second-order valence-corrected chi connectivity index (χ2v) is 10.8. The molecule has 1 N–H and O–H groups in total. The lowest BCUT2D eigenvalue weighted by Gasteiger charge is -2.26. The number of aromatic nitrogens is 2. The first-order valence-electron chi connectivity index (χ1n) is 13.7. The second-order valence-electron chi connectivity index (χ2n) is 10.0. The van der Waals surface area contributed by atoms with Crippen LogP contribution in [0.4, 0.5) is 11.4 Å². The fourth-order valence-electron chi connectivity index (χ4n) is 4.92. The van der Waals surface area contributed by atoms with Gasteiger partial charge in [0.25, 0.3) is 0 Å². The number of methoxy groups -OCH3 is 1. The summed E-state index contributed by atoms with van der Waals surface area (Å²) in [4.78, 5) is 11.4. The molecule has 1 saturated heterocycles. The number of hydrogen-bond acceptors (Lipinski definition) is 8. The Morgan fingerprint density at radius 2 is 1.72 bits per heavy atom. The highest BCUT2D eigenvalue weighted by Crippen LogP contribution is 2.38. The van der Waals surface area contributed by atoms with Crippen molar-refractivity contribution in [2.75, 3.05) is 38.7 Å². The molecule has 8 nitrogen and oxygen atoms in total. The first-order chi connectivity index (χ1) is 21.0. The minimum atomic E-state index is 0.377. The van der Waals surface area contributed by atoms with Gasteiger partial charge in [-0.1, -0.05) is 47.5 Å². The molecule has 2 aromatic heterocycles. The molecule has 1 aliphatic heterocycles. The van der Waals surface area contributed by atoms with Crippen molar-refractivity contribution in [2.45, 2.75) is 6.54 Å². The summed E-state index contributed by atoms with van der Waals surface area (Å²) in [6, 6.07) is 23.2. The van der Waals surface area contributed by atoms with E-state index in [1.54, 1.807) is 18.3 Å². The lowest BCUT2D eigenvalue weighted by Crippen LogP contribution is -2.35. The summed E-state index contributed by atoms with van der Waals surface area (Å²) < 4.78 is 16.8. The van der Waals surface area contributed by atoms with E-state index in [2.05, 4.69) is 38.4 Å². The van der Waals surface area contributed by atoms with Gasteiger partial charge < -0.3 is 19.5 Å². The summed E-state index contributed by atoms with van der Waals surface area (Å²) in [6.07, 6.45) is 3.31. The van der Waals surface area contributed by atoms with E-state index < -0.39 is 0 Å². The third-order valence-corrected chi connectivity index (χ3v) is 7.82. The third-order valence-electron chi connectivity index (χ3n) is 7.22. The van der Waals surface area contributed by atoms with Crippen LogP contribution in [-0.2, 0) is 11.3 Å². The molecule has 0 aliphatic carbocycles. The van der Waals surface area contributed by atoms with E-state index in [1.807, 2.05) is 42.5 Å². The molecule has 10 heteroatoms. The number of anilines is 2. The van der Waals surface area contributed by atoms with Gasteiger partial charge in [-0.15, -0.1) is 0 Å². The summed E-state index contributed by atoms with van der Waals surface area (Å²) >= 11 is 12.6. The van der Waals surface area contributed by atoms with E-state index in [1.165, 1.54) is 18.9 Å². The highest BCUT2D eigenvalue weighted by atomic mass is 35.5. The molecule has 0 spiro atoms. The Labute approximate surface area is 259 Å². The summed E-state index contributed by atoms with van der Waals surface area (Å²) in [5.74, 6) is 1.70. The monoisotopic (exact) mass is 611 g/mol. The molecule has 0 unspecified atom stereocenters. The number of ether oxygens (including phenoxy) is 3. The summed E-state index contributed by atoms with van der Waals surface area (Å²) in [6.45, 7) is 4.38. The fraction of sp³-hybridized carbons (Fsp3) is 0.182. The summed E-state index contributed by atoms with van der Waals surface area (Å²) in [7, 11) is 1.53. The van der Waals surface area contributed by atoms with Crippen LogP contribution in [0.3, 0.4) is 0 Å². The van der Waals surface area contributed by atoms with Gasteiger partial charge in [0.1, 0.15) is 17.6 Å². The predicted octanol–water partition coefficient (Wildman–Crippen LogP) is 7.85. The van der Waals surface area contributed by atoms with E-state index in [0.29, 0.717) is 44.1 Å². The molecule has 0 amide bonds. The van der Waals surface area contributed by atoms with Gasteiger partial charge in [-0.25, -0.2) is 4.98 Å². The molecule has 5 aromatic rings. The van der Waals surface area contributed by atoms with Crippen LogP contribution in [0.2, 0.25) is 10.0 Å². The van der Waals surface area contributed by atoms with E-state index in [-0.39, 0.29) is 0 Å². The standard InChI is InChI=1S/C33H27Cl2N5O3/c1-41-31-16-30(27(34)15-28(31)35)39-33-24(17-36)19-37-29-14-22(4-8-26(29)33)23-5-9-32(38-18-23)43-25-6-2-21(3-7-25)20-40-10-12-42-13-11-40/h2-9,14-16,18-19H,10-13,20H2,1H3,(H,37,39). The van der Waals surface area contributed by atoms with Crippen LogP contribution in [0.1, 0.15) is 11.1 Å². The van der Waals surface area contributed by atoms with E-state index in [4.69, 9.17) is 37.4 Å². The third kappa shape index (κ3) is 6.51. The van der Waals surface area contributed by atoms with Crippen molar-refractivity contribution >= 4 is 45.5 Å². The fourth-order valence-corrected chi connectivity index (χ4v) is 5.43. The maximum absolute atomic E-state index is 9.78. The quantitative estimate of drug-likeness (QED) is 0.189. The van der Waals surface area contributed by atoms with E-state index >= 15 is 0 Å². The van der Waals surface area contributed by atoms with E-state index in [0.717, 1.165) is 55.1 Å². The Morgan fingerprint density at radius 1 is 0.930 bits per heavy atom. The van der Waals surface area contributed by atoms with Crippen molar-refractivity contribution in [1.29, 1.82) is 5.26 Å². The molecular weight excluding hydrogens is 585 g/mol. The number of pyridine rings is 2. The minimum absolute atomic E-state index is 0.377. The number of halogens is 2. The van der Waals surface area contributed by atoms with Gasteiger partial charge in [0.05, 0.1) is 52.8 Å². The topological polar surface area (TPSA) is 92.5 Å². The molecular formula is C33H27Cl2N5O3. The molecule has 1 aliphatic rings. The molecule has 3 aromatic carbocycles.